The largest absolute Gasteiger partial charge is 0.490 e. The van der Waals surface area contributed by atoms with Crippen LogP contribution < -0.4 is 0 Å². The van der Waals surface area contributed by atoms with Crippen LogP contribution in [0.4, 0.5) is 13.2 Å². The average Bonchev–Trinajstić information content (AvgIpc) is 3.17. The number of benzene rings is 1. The van der Waals surface area contributed by atoms with Gasteiger partial charge in [0.15, 0.2) is 0 Å². The Balaban J connectivity index is 0.000000345. The van der Waals surface area contributed by atoms with Crippen molar-refractivity contribution in [3.63, 3.8) is 0 Å². The van der Waals surface area contributed by atoms with Gasteiger partial charge in [0.1, 0.15) is 0 Å². The number of piperidine rings is 1. The molecule has 3 rings (SSSR count). The van der Waals surface area contributed by atoms with Crippen molar-refractivity contribution in [1.29, 1.82) is 0 Å². The summed E-state index contributed by atoms with van der Waals surface area (Å²) in [6, 6.07) is 13.8. The SMILES string of the molecule is CN(C)C1CCCN(Cc2ccc(-n3cccc3)cc2)C1.O=C(O)C(F)(F)F. The van der Waals surface area contributed by atoms with Gasteiger partial charge in [0.05, 0.1) is 0 Å². The molecule has 0 radical (unpaired) electrons. The molecule has 0 amide bonds. The van der Waals surface area contributed by atoms with Crippen molar-refractivity contribution in [1.82, 2.24) is 14.4 Å². The second kappa shape index (κ2) is 9.75. The highest BCUT2D eigenvalue weighted by molar-refractivity contribution is 5.73. The third-order valence-electron chi connectivity index (χ3n) is 4.70. The lowest BCUT2D eigenvalue weighted by atomic mass is 10.0. The van der Waals surface area contributed by atoms with Gasteiger partial charge in [0.25, 0.3) is 0 Å². The van der Waals surface area contributed by atoms with E-state index in [-0.39, 0.29) is 0 Å². The molecule has 1 atom stereocenters. The zero-order valence-corrected chi connectivity index (χ0v) is 16.1. The van der Waals surface area contributed by atoms with Crippen LogP contribution in [0.25, 0.3) is 5.69 Å². The predicted molar refractivity (Wildman–Crippen MR) is 101 cm³/mol. The van der Waals surface area contributed by atoms with E-state index in [9.17, 15) is 13.2 Å². The topological polar surface area (TPSA) is 48.7 Å². The quantitative estimate of drug-likeness (QED) is 0.856. The van der Waals surface area contributed by atoms with Crippen LogP contribution in [0.3, 0.4) is 0 Å². The van der Waals surface area contributed by atoms with Gasteiger partial charge in [-0.2, -0.15) is 13.2 Å². The predicted octanol–water partition coefficient (Wildman–Crippen LogP) is 3.64. The molecule has 1 fully saturated rings. The number of hydrogen-bond donors (Lipinski definition) is 1. The van der Waals surface area contributed by atoms with E-state index in [2.05, 4.69) is 77.3 Å². The van der Waals surface area contributed by atoms with Crippen LogP contribution in [-0.2, 0) is 11.3 Å². The molecule has 0 spiro atoms. The van der Waals surface area contributed by atoms with Crippen molar-refractivity contribution in [2.24, 2.45) is 0 Å². The zero-order chi connectivity index (χ0) is 20.7. The number of carboxylic acids is 1. The Morgan fingerprint density at radius 1 is 1.18 bits per heavy atom. The first-order chi connectivity index (χ1) is 13.2. The van der Waals surface area contributed by atoms with Gasteiger partial charge in [-0.15, -0.1) is 0 Å². The number of aromatic nitrogens is 1. The molecule has 1 aromatic heterocycles. The summed E-state index contributed by atoms with van der Waals surface area (Å²) in [4.78, 5) is 13.8. The number of carbonyl (C=O) groups is 1. The van der Waals surface area contributed by atoms with Gasteiger partial charge in [0.2, 0.25) is 0 Å². The minimum absolute atomic E-state index is 0.706. The van der Waals surface area contributed by atoms with Crippen LogP contribution in [0.5, 0.6) is 0 Å². The summed E-state index contributed by atoms with van der Waals surface area (Å²) in [6.07, 6.45) is 1.73. The minimum Gasteiger partial charge on any atom is -0.475 e. The van der Waals surface area contributed by atoms with E-state index in [0.29, 0.717) is 6.04 Å². The first kappa shape index (κ1) is 22.0. The Bertz CT molecular complexity index is 728. The van der Waals surface area contributed by atoms with Crippen molar-refractivity contribution in [3.8, 4) is 5.69 Å². The van der Waals surface area contributed by atoms with E-state index in [1.807, 2.05) is 0 Å². The molecule has 1 N–H and O–H groups in total. The van der Waals surface area contributed by atoms with Gasteiger partial charge in [-0.05, 0) is 63.3 Å². The van der Waals surface area contributed by atoms with E-state index in [1.54, 1.807) is 0 Å². The van der Waals surface area contributed by atoms with E-state index in [1.165, 1.54) is 37.2 Å². The molecular formula is C20H26F3N3O2. The maximum atomic E-state index is 10.6. The lowest BCUT2D eigenvalue weighted by molar-refractivity contribution is -0.192. The fourth-order valence-corrected chi connectivity index (χ4v) is 3.13. The number of hydrogen-bond acceptors (Lipinski definition) is 3. The fraction of sp³-hybridized carbons (Fsp3) is 0.450. The van der Waals surface area contributed by atoms with Gasteiger partial charge in [-0.25, -0.2) is 4.79 Å². The number of rotatable bonds is 4. The smallest absolute Gasteiger partial charge is 0.475 e. The number of carboxylic acid groups (broad SMARTS) is 1. The monoisotopic (exact) mass is 397 g/mol. The van der Waals surface area contributed by atoms with Crippen LogP contribution in [-0.4, -0.2) is 64.8 Å². The molecule has 2 aromatic rings. The van der Waals surface area contributed by atoms with Gasteiger partial charge in [-0.3, -0.25) is 4.90 Å². The summed E-state index contributed by atoms with van der Waals surface area (Å²) in [5.74, 6) is -2.76. The Morgan fingerprint density at radius 3 is 2.25 bits per heavy atom. The summed E-state index contributed by atoms with van der Waals surface area (Å²) in [7, 11) is 4.39. The van der Waals surface area contributed by atoms with Crippen LogP contribution in [0, 0.1) is 0 Å². The van der Waals surface area contributed by atoms with Crippen LogP contribution in [0.15, 0.2) is 48.8 Å². The van der Waals surface area contributed by atoms with Crippen molar-refractivity contribution < 1.29 is 23.1 Å². The lowest BCUT2D eigenvalue weighted by Gasteiger charge is -2.36. The van der Waals surface area contributed by atoms with Gasteiger partial charge < -0.3 is 14.6 Å². The molecule has 154 valence electrons. The number of nitrogens with zero attached hydrogens (tertiary/aromatic N) is 3. The third-order valence-corrected chi connectivity index (χ3v) is 4.70. The highest BCUT2D eigenvalue weighted by atomic mass is 19.4. The van der Waals surface area contributed by atoms with Gasteiger partial charge >= 0.3 is 12.1 Å². The Morgan fingerprint density at radius 2 is 1.75 bits per heavy atom. The number of halogens is 3. The summed E-state index contributed by atoms with van der Waals surface area (Å²) < 4.78 is 33.9. The summed E-state index contributed by atoms with van der Waals surface area (Å²) in [6.45, 7) is 3.48. The Labute approximate surface area is 163 Å². The first-order valence-electron chi connectivity index (χ1n) is 9.08. The second-order valence-corrected chi connectivity index (χ2v) is 7.05. The lowest BCUT2D eigenvalue weighted by Crippen LogP contribution is -2.44. The molecule has 1 aliphatic heterocycles. The maximum absolute atomic E-state index is 10.6. The van der Waals surface area contributed by atoms with Crippen LogP contribution in [0.2, 0.25) is 0 Å². The van der Waals surface area contributed by atoms with Crippen molar-refractivity contribution in [2.75, 3.05) is 27.2 Å². The summed E-state index contributed by atoms with van der Waals surface area (Å²) in [5, 5.41) is 7.12. The molecule has 8 heteroatoms. The highest BCUT2D eigenvalue weighted by Gasteiger charge is 2.38. The zero-order valence-electron chi connectivity index (χ0n) is 16.1. The molecule has 28 heavy (non-hydrogen) atoms. The molecule has 1 saturated heterocycles. The summed E-state index contributed by atoms with van der Waals surface area (Å²) in [5.41, 5.74) is 2.64. The second-order valence-electron chi connectivity index (χ2n) is 7.05. The Hall–Kier alpha value is -2.32. The van der Waals surface area contributed by atoms with Crippen LogP contribution >= 0.6 is 0 Å². The molecular weight excluding hydrogens is 371 g/mol. The molecule has 1 aliphatic rings. The fourth-order valence-electron chi connectivity index (χ4n) is 3.13. The molecule has 0 aliphatic carbocycles. The first-order valence-corrected chi connectivity index (χ1v) is 9.08. The van der Waals surface area contributed by atoms with E-state index >= 15 is 0 Å². The molecule has 5 nitrogen and oxygen atoms in total. The molecule has 1 aromatic carbocycles. The van der Waals surface area contributed by atoms with E-state index in [4.69, 9.17) is 9.90 Å². The number of likely N-dealkylation sites (tertiary alicyclic amines) is 1. The summed E-state index contributed by atoms with van der Waals surface area (Å²) >= 11 is 0. The number of likely N-dealkylation sites (N-methyl/N-ethyl adjacent to an activating group) is 1. The van der Waals surface area contributed by atoms with Crippen molar-refractivity contribution in [3.05, 3.63) is 54.4 Å². The number of alkyl halides is 3. The number of aliphatic carboxylic acids is 1. The molecule has 2 heterocycles. The van der Waals surface area contributed by atoms with Gasteiger partial charge in [-0.1, -0.05) is 12.1 Å². The maximum Gasteiger partial charge on any atom is 0.490 e. The standard InChI is InChI=1S/C18H25N3.C2HF3O2/c1-19(2)18-6-5-11-20(15-18)14-16-7-9-17(10-8-16)21-12-3-4-13-21;3-2(4,5)1(6)7/h3-4,7-10,12-13,18H,5-6,11,14-15H2,1-2H3;(H,6,7). The molecule has 0 saturated carbocycles. The third kappa shape index (κ3) is 6.69. The average molecular weight is 397 g/mol. The van der Waals surface area contributed by atoms with Crippen molar-refractivity contribution >= 4 is 5.97 Å². The molecule has 0 bridgehead atoms. The molecule has 1 unspecified atom stereocenters. The van der Waals surface area contributed by atoms with E-state index < -0.39 is 12.1 Å². The minimum atomic E-state index is -5.08. The van der Waals surface area contributed by atoms with Gasteiger partial charge in [0, 0.05) is 37.2 Å². The van der Waals surface area contributed by atoms with Crippen molar-refractivity contribution in [2.45, 2.75) is 31.6 Å². The Kier molecular flexibility index (Phi) is 7.65. The van der Waals surface area contributed by atoms with E-state index in [0.717, 1.165) is 6.54 Å². The normalized spacial score (nSPS) is 17.9. The van der Waals surface area contributed by atoms with Crippen LogP contribution in [0.1, 0.15) is 18.4 Å². The highest BCUT2D eigenvalue weighted by Crippen LogP contribution is 2.17.